The van der Waals surface area contributed by atoms with Crippen LogP contribution in [-0.4, -0.2) is 31.8 Å². The van der Waals surface area contributed by atoms with Crippen molar-refractivity contribution in [3.8, 4) is 5.75 Å². The van der Waals surface area contributed by atoms with Gasteiger partial charge in [-0.15, -0.1) is 0 Å². The Balaban J connectivity index is 1.51. The van der Waals surface area contributed by atoms with E-state index in [1.807, 2.05) is 31.2 Å². The summed E-state index contributed by atoms with van der Waals surface area (Å²) in [5.74, 6) is 0.680. The van der Waals surface area contributed by atoms with Crippen molar-refractivity contribution in [3.63, 3.8) is 0 Å². The van der Waals surface area contributed by atoms with Crippen LogP contribution in [0.5, 0.6) is 5.75 Å². The number of hydrogen-bond donors (Lipinski definition) is 1. The number of carbonyl (C=O) groups excluding carboxylic acids is 1. The molecule has 122 valence electrons. The molecule has 0 saturated heterocycles. The van der Waals surface area contributed by atoms with Crippen LogP contribution in [0.4, 0.5) is 0 Å². The van der Waals surface area contributed by atoms with Gasteiger partial charge in [0.15, 0.2) is 6.61 Å². The molecule has 0 bridgehead atoms. The second-order valence-electron chi connectivity index (χ2n) is 5.89. The fourth-order valence-corrected chi connectivity index (χ4v) is 2.69. The van der Waals surface area contributed by atoms with Crippen molar-refractivity contribution in [2.24, 2.45) is 0 Å². The Morgan fingerprint density at radius 3 is 2.77 bits per heavy atom. The monoisotopic (exact) mass is 305 g/mol. The van der Waals surface area contributed by atoms with Crippen LogP contribution in [0.1, 0.15) is 44.1 Å². The minimum atomic E-state index is -0.0825. The minimum Gasteiger partial charge on any atom is -0.484 e. The first-order chi connectivity index (χ1) is 10.8. The van der Waals surface area contributed by atoms with Gasteiger partial charge in [-0.1, -0.05) is 37.5 Å². The molecular formula is C18H27NO3. The highest BCUT2D eigenvalue weighted by molar-refractivity contribution is 5.77. The molecule has 1 N–H and O–H groups in total. The standard InChI is InChI=1S/C18H27NO3/c1-15-8-5-6-11-17(15)22-14-18(20)19-12-7-13-21-16-9-3-2-4-10-16/h5-6,8,11,16H,2-4,7,9-10,12-14H2,1H3,(H,19,20). The zero-order valence-corrected chi connectivity index (χ0v) is 13.5. The molecule has 2 rings (SSSR count). The molecule has 1 fully saturated rings. The van der Waals surface area contributed by atoms with Gasteiger partial charge in [0.05, 0.1) is 6.10 Å². The number of hydrogen-bond acceptors (Lipinski definition) is 3. The van der Waals surface area contributed by atoms with Gasteiger partial charge in [-0.3, -0.25) is 4.79 Å². The maximum atomic E-state index is 11.7. The van der Waals surface area contributed by atoms with Gasteiger partial charge in [-0.05, 0) is 37.8 Å². The first-order valence-corrected chi connectivity index (χ1v) is 8.32. The van der Waals surface area contributed by atoms with Gasteiger partial charge in [0.25, 0.3) is 5.91 Å². The fourth-order valence-electron chi connectivity index (χ4n) is 2.69. The Hall–Kier alpha value is -1.55. The van der Waals surface area contributed by atoms with Crippen molar-refractivity contribution in [2.45, 2.75) is 51.6 Å². The molecule has 1 aromatic carbocycles. The van der Waals surface area contributed by atoms with Crippen molar-refractivity contribution in [3.05, 3.63) is 29.8 Å². The van der Waals surface area contributed by atoms with E-state index < -0.39 is 0 Å². The third-order valence-corrected chi connectivity index (χ3v) is 4.00. The first-order valence-electron chi connectivity index (χ1n) is 8.32. The van der Waals surface area contributed by atoms with Crippen LogP contribution in [0.3, 0.4) is 0 Å². The fraction of sp³-hybridized carbons (Fsp3) is 0.611. The molecule has 0 aromatic heterocycles. The number of ether oxygens (including phenoxy) is 2. The van der Waals surface area contributed by atoms with Crippen LogP contribution >= 0.6 is 0 Å². The van der Waals surface area contributed by atoms with Crippen LogP contribution in [0.25, 0.3) is 0 Å². The van der Waals surface area contributed by atoms with Crippen LogP contribution < -0.4 is 10.1 Å². The summed E-state index contributed by atoms with van der Waals surface area (Å²) in [7, 11) is 0. The van der Waals surface area contributed by atoms with Gasteiger partial charge in [0, 0.05) is 13.2 Å². The molecule has 1 aliphatic carbocycles. The van der Waals surface area contributed by atoms with E-state index in [2.05, 4.69) is 5.32 Å². The van der Waals surface area contributed by atoms with E-state index in [1.54, 1.807) is 0 Å². The highest BCUT2D eigenvalue weighted by Gasteiger charge is 2.13. The number of aryl methyl sites for hydroxylation is 1. The number of rotatable bonds is 8. The van der Waals surface area contributed by atoms with Crippen molar-refractivity contribution in [1.29, 1.82) is 0 Å². The summed E-state index contributed by atoms with van der Waals surface area (Å²) in [5, 5.41) is 2.87. The second kappa shape index (κ2) is 9.46. The zero-order chi connectivity index (χ0) is 15.6. The van der Waals surface area contributed by atoms with Gasteiger partial charge < -0.3 is 14.8 Å². The lowest BCUT2D eigenvalue weighted by Gasteiger charge is -2.21. The van der Waals surface area contributed by atoms with Crippen LogP contribution in [0.15, 0.2) is 24.3 Å². The minimum absolute atomic E-state index is 0.0638. The number of benzene rings is 1. The van der Waals surface area contributed by atoms with E-state index in [9.17, 15) is 4.79 Å². The van der Waals surface area contributed by atoms with E-state index in [4.69, 9.17) is 9.47 Å². The smallest absolute Gasteiger partial charge is 0.257 e. The predicted molar refractivity (Wildman–Crippen MR) is 87.1 cm³/mol. The summed E-state index contributed by atoms with van der Waals surface area (Å²) < 4.78 is 11.3. The molecule has 0 atom stereocenters. The molecule has 0 spiro atoms. The molecule has 0 radical (unpaired) electrons. The maximum absolute atomic E-state index is 11.7. The molecule has 1 amide bonds. The third kappa shape index (κ3) is 6.06. The lowest BCUT2D eigenvalue weighted by atomic mass is 9.98. The van der Waals surface area contributed by atoms with E-state index in [1.165, 1.54) is 32.1 Å². The summed E-state index contributed by atoms with van der Waals surface area (Å²) in [6.45, 7) is 3.40. The average molecular weight is 305 g/mol. The number of amides is 1. The van der Waals surface area contributed by atoms with Gasteiger partial charge in [-0.2, -0.15) is 0 Å². The Kier molecular flexibility index (Phi) is 7.23. The SMILES string of the molecule is Cc1ccccc1OCC(=O)NCCCOC1CCCCC1. The first kappa shape index (κ1) is 16.8. The molecule has 1 aromatic rings. The van der Waals surface area contributed by atoms with E-state index >= 15 is 0 Å². The van der Waals surface area contributed by atoms with Crippen molar-refractivity contribution in [2.75, 3.05) is 19.8 Å². The topological polar surface area (TPSA) is 47.6 Å². The lowest BCUT2D eigenvalue weighted by molar-refractivity contribution is -0.123. The number of carbonyl (C=O) groups is 1. The summed E-state index contributed by atoms with van der Waals surface area (Å²) in [6.07, 6.45) is 7.60. The summed E-state index contributed by atoms with van der Waals surface area (Å²) in [5.41, 5.74) is 1.04. The van der Waals surface area contributed by atoms with E-state index in [-0.39, 0.29) is 12.5 Å². The Labute approximate surface area is 133 Å². The molecule has 22 heavy (non-hydrogen) atoms. The number of nitrogens with one attached hydrogen (secondary N) is 1. The van der Waals surface area contributed by atoms with E-state index in [0.717, 1.165) is 24.3 Å². The van der Waals surface area contributed by atoms with Crippen molar-refractivity contribution >= 4 is 5.91 Å². The Morgan fingerprint density at radius 2 is 2.00 bits per heavy atom. The van der Waals surface area contributed by atoms with Crippen molar-refractivity contribution < 1.29 is 14.3 Å². The lowest BCUT2D eigenvalue weighted by Crippen LogP contribution is -2.30. The largest absolute Gasteiger partial charge is 0.484 e. The summed E-state index contributed by atoms with van der Waals surface area (Å²) in [6, 6.07) is 7.70. The highest BCUT2D eigenvalue weighted by atomic mass is 16.5. The quantitative estimate of drug-likeness (QED) is 0.750. The molecule has 1 saturated carbocycles. The molecule has 0 unspecified atom stereocenters. The number of para-hydroxylation sites is 1. The van der Waals surface area contributed by atoms with Crippen LogP contribution in [0.2, 0.25) is 0 Å². The zero-order valence-electron chi connectivity index (χ0n) is 13.5. The van der Waals surface area contributed by atoms with Crippen LogP contribution in [0, 0.1) is 6.92 Å². The normalized spacial score (nSPS) is 15.5. The maximum Gasteiger partial charge on any atom is 0.257 e. The highest BCUT2D eigenvalue weighted by Crippen LogP contribution is 2.20. The molecule has 0 heterocycles. The predicted octanol–water partition coefficient (Wildman–Crippen LogP) is 3.23. The Bertz CT molecular complexity index is 455. The van der Waals surface area contributed by atoms with Gasteiger partial charge in [0.1, 0.15) is 5.75 Å². The molecule has 4 heteroatoms. The Morgan fingerprint density at radius 1 is 1.23 bits per heavy atom. The van der Waals surface area contributed by atoms with Gasteiger partial charge in [-0.25, -0.2) is 0 Å². The molecular weight excluding hydrogens is 278 g/mol. The second-order valence-corrected chi connectivity index (χ2v) is 5.89. The summed E-state index contributed by atoms with van der Waals surface area (Å²) >= 11 is 0. The van der Waals surface area contributed by atoms with E-state index in [0.29, 0.717) is 12.6 Å². The van der Waals surface area contributed by atoms with Gasteiger partial charge in [0.2, 0.25) is 0 Å². The molecule has 1 aliphatic rings. The molecule has 0 aliphatic heterocycles. The summed E-state index contributed by atoms with van der Waals surface area (Å²) in [4.78, 5) is 11.7. The van der Waals surface area contributed by atoms with Crippen LogP contribution in [-0.2, 0) is 9.53 Å². The van der Waals surface area contributed by atoms with Gasteiger partial charge >= 0.3 is 0 Å². The van der Waals surface area contributed by atoms with Crippen molar-refractivity contribution in [1.82, 2.24) is 5.32 Å². The average Bonchev–Trinajstić information content (AvgIpc) is 2.55. The third-order valence-electron chi connectivity index (χ3n) is 4.00. The molecule has 4 nitrogen and oxygen atoms in total.